The summed E-state index contributed by atoms with van der Waals surface area (Å²) in [6.07, 6.45) is 1.20. The Bertz CT molecular complexity index is 574. The minimum atomic E-state index is -3.78. The summed E-state index contributed by atoms with van der Waals surface area (Å²) in [5, 5.41) is 9.23. The van der Waals surface area contributed by atoms with Gasteiger partial charge < -0.3 is 5.11 Å². The normalized spacial score (nSPS) is 18.1. The number of anilines is 1. The quantitative estimate of drug-likeness (QED) is 0.888. The Kier molecular flexibility index (Phi) is 4.85. The van der Waals surface area contributed by atoms with Gasteiger partial charge in [0, 0.05) is 24.7 Å². The standard InChI is InChI=1S/C12H16ClFN2O3S/c13-10-1-2-12(11(14)7-10)15-20(18,19)16-5-3-9(8-17)4-6-16/h1-2,7,9,15,17H,3-6,8H2. The average Bonchev–Trinajstić information content (AvgIpc) is 2.42. The van der Waals surface area contributed by atoms with Crippen LogP contribution in [-0.2, 0) is 10.2 Å². The van der Waals surface area contributed by atoms with E-state index in [0.717, 1.165) is 6.07 Å². The van der Waals surface area contributed by atoms with Crippen LogP contribution in [0.2, 0.25) is 5.02 Å². The van der Waals surface area contributed by atoms with Gasteiger partial charge in [0.1, 0.15) is 5.82 Å². The summed E-state index contributed by atoms with van der Waals surface area (Å²) in [5.74, 6) is -0.583. The van der Waals surface area contributed by atoms with Gasteiger partial charge in [-0.1, -0.05) is 11.6 Å². The molecule has 0 aliphatic carbocycles. The Morgan fingerprint density at radius 3 is 2.60 bits per heavy atom. The molecule has 0 bridgehead atoms. The Morgan fingerprint density at radius 2 is 2.05 bits per heavy atom. The van der Waals surface area contributed by atoms with Crippen molar-refractivity contribution in [2.75, 3.05) is 24.4 Å². The van der Waals surface area contributed by atoms with Gasteiger partial charge in [-0.05, 0) is 37.0 Å². The van der Waals surface area contributed by atoms with Crippen molar-refractivity contribution >= 4 is 27.5 Å². The minimum Gasteiger partial charge on any atom is -0.396 e. The largest absolute Gasteiger partial charge is 0.396 e. The third-order valence-electron chi connectivity index (χ3n) is 3.34. The van der Waals surface area contributed by atoms with Crippen LogP contribution in [-0.4, -0.2) is 37.5 Å². The van der Waals surface area contributed by atoms with E-state index in [1.807, 2.05) is 0 Å². The lowest BCUT2D eigenvalue weighted by molar-refractivity contribution is 0.170. The van der Waals surface area contributed by atoms with Crippen LogP contribution >= 0.6 is 11.6 Å². The van der Waals surface area contributed by atoms with Gasteiger partial charge in [-0.3, -0.25) is 4.72 Å². The van der Waals surface area contributed by atoms with Gasteiger partial charge in [0.05, 0.1) is 5.69 Å². The van der Waals surface area contributed by atoms with Gasteiger partial charge in [0.15, 0.2) is 0 Å². The first kappa shape index (κ1) is 15.5. The molecule has 1 aliphatic heterocycles. The second-order valence-corrected chi connectivity index (χ2v) is 6.86. The molecule has 1 aromatic rings. The lowest BCUT2D eigenvalue weighted by atomic mass is 10.00. The molecule has 5 nitrogen and oxygen atoms in total. The van der Waals surface area contributed by atoms with E-state index in [9.17, 15) is 12.8 Å². The molecule has 2 rings (SSSR count). The monoisotopic (exact) mass is 322 g/mol. The fourth-order valence-electron chi connectivity index (χ4n) is 2.11. The maximum Gasteiger partial charge on any atom is 0.301 e. The summed E-state index contributed by atoms with van der Waals surface area (Å²) < 4.78 is 41.4. The zero-order valence-electron chi connectivity index (χ0n) is 10.7. The summed E-state index contributed by atoms with van der Waals surface area (Å²) in [7, 11) is -3.78. The zero-order chi connectivity index (χ0) is 14.8. The molecule has 1 fully saturated rings. The Balaban J connectivity index is 2.08. The fraction of sp³-hybridized carbons (Fsp3) is 0.500. The van der Waals surface area contributed by atoms with Crippen LogP contribution in [0.15, 0.2) is 18.2 Å². The average molecular weight is 323 g/mol. The number of hydrogen-bond acceptors (Lipinski definition) is 3. The Morgan fingerprint density at radius 1 is 1.40 bits per heavy atom. The van der Waals surface area contributed by atoms with Crippen molar-refractivity contribution in [2.24, 2.45) is 5.92 Å². The van der Waals surface area contributed by atoms with E-state index in [0.29, 0.717) is 25.9 Å². The second kappa shape index (κ2) is 6.26. The van der Waals surface area contributed by atoms with E-state index in [4.69, 9.17) is 16.7 Å². The molecular formula is C12H16ClFN2O3S. The molecule has 0 amide bonds. The summed E-state index contributed by atoms with van der Waals surface area (Å²) in [6, 6.07) is 3.76. The Hall–Kier alpha value is -0.890. The predicted octanol–water partition coefficient (Wildman–Crippen LogP) is 1.84. The molecule has 0 saturated carbocycles. The molecule has 20 heavy (non-hydrogen) atoms. The number of nitrogens with one attached hydrogen (secondary N) is 1. The van der Waals surface area contributed by atoms with Gasteiger partial charge in [-0.25, -0.2) is 4.39 Å². The highest BCUT2D eigenvalue weighted by Gasteiger charge is 2.28. The number of benzene rings is 1. The molecule has 1 aromatic carbocycles. The summed E-state index contributed by atoms with van der Waals surface area (Å²) >= 11 is 5.62. The van der Waals surface area contributed by atoms with Crippen molar-refractivity contribution < 1.29 is 17.9 Å². The number of aliphatic hydroxyl groups excluding tert-OH is 1. The van der Waals surface area contributed by atoms with Crippen molar-refractivity contribution in [3.63, 3.8) is 0 Å². The lowest BCUT2D eigenvalue weighted by Gasteiger charge is -2.30. The molecule has 1 saturated heterocycles. The molecule has 0 unspecified atom stereocenters. The summed E-state index contributed by atoms with van der Waals surface area (Å²) in [4.78, 5) is 0. The van der Waals surface area contributed by atoms with Crippen molar-refractivity contribution in [3.05, 3.63) is 29.0 Å². The number of piperidine rings is 1. The number of aliphatic hydroxyl groups is 1. The van der Waals surface area contributed by atoms with Crippen molar-refractivity contribution in [1.82, 2.24) is 4.31 Å². The third-order valence-corrected chi connectivity index (χ3v) is 5.10. The topological polar surface area (TPSA) is 69.6 Å². The number of rotatable bonds is 4. The van der Waals surface area contributed by atoms with E-state index in [1.54, 1.807) is 0 Å². The van der Waals surface area contributed by atoms with E-state index >= 15 is 0 Å². The molecule has 0 spiro atoms. The minimum absolute atomic E-state index is 0.0626. The number of nitrogens with zero attached hydrogens (tertiary/aromatic N) is 1. The highest BCUT2D eigenvalue weighted by Crippen LogP contribution is 2.23. The third kappa shape index (κ3) is 3.60. The SMILES string of the molecule is O=S(=O)(Nc1ccc(Cl)cc1F)N1CCC(CO)CC1. The van der Waals surface area contributed by atoms with Gasteiger partial charge >= 0.3 is 10.2 Å². The van der Waals surface area contributed by atoms with E-state index < -0.39 is 16.0 Å². The van der Waals surface area contributed by atoms with Crippen LogP contribution in [0.4, 0.5) is 10.1 Å². The highest BCUT2D eigenvalue weighted by molar-refractivity contribution is 7.90. The van der Waals surface area contributed by atoms with Crippen molar-refractivity contribution in [3.8, 4) is 0 Å². The van der Waals surface area contributed by atoms with Crippen LogP contribution in [0.25, 0.3) is 0 Å². The molecule has 112 valence electrons. The first-order chi connectivity index (χ1) is 9.42. The first-order valence-corrected chi connectivity index (χ1v) is 8.08. The van der Waals surface area contributed by atoms with Crippen LogP contribution in [0, 0.1) is 11.7 Å². The van der Waals surface area contributed by atoms with E-state index in [1.165, 1.54) is 16.4 Å². The molecular weight excluding hydrogens is 307 g/mol. The molecule has 8 heteroatoms. The van der Waals surface area contributed by atoms with Crippen molar-refractivity contribution in [1.29, 1.82) is 0 Å². The number of halogens is 2. The molecule has 2 N–H and O–H groups in total. The molecule has 1 aliphatic rings. The van der Waals surface area contributed by atoms with Gasteiger partial charge in [0.2, 0.25) is 0 Å². The molecule has 0 radical (unpaired) electrons. The van der Waals surface area contributed by atoms with Crippen molar-refractivity contribution in [2.45, 2.75) is 12.8 Å². The molecule has 0 aromatic heterocycles. The van der Waals surface area contributed by atoms with E-state index in [2.05, 4.69) is 4.72 Å². The first-order valence-electron chi connectivity index (χ1n) is 6.26. The number of hydrogen-bond donors (Lipinski definition) is 2. The van der Waals surface area contributed by atoms with Gasteiger partial charge in [-0.15, -0.1) is 0 Å². The maximum atomic E-state index is 13.6. The van der Waals surface area contributed by atoms with Gasteiger partial charge in [-0.2, -0.15) is 12.7 Å². The van der Waals surface area contributed by atoms with Crippen LogP contribution < -0.4 is 4.72 Å². The van der Waals surface area contributed by atoms with Crippen LogP contribution in [0.5, 0.6) is 0 Å². The molecule has 1 heterocycles. The summed E-state index contributed by atoms with van der Waals surface area (Å²) in [5.41, 5.74) is -0.126. The van der Waals surface area contributed by atoms with Crippen LogP contribution in [0.3, 0.4) is 0 Å². The Labute approximate surface area is 122 Å². The maximum absolute atomic E-state index is 13.6. The summed E-state index contributed by atoms with van der Waals surface area (Å²) in [6.45, 7) is 0.693. The second-order valence-electron chi connectivity index (χ2n) is 4.76. The fourth-order valence-corrected chi connectivity index (χ4v) is 3.53. The lowest BCUT2D eigenvalue weighted by Crippen LogP contribution is -2.42. The van der Waals surface area contributed by atoms with Gasteiger partial charge in [0.25, 0.3) is 0 Å². The zero-order valence-corrected chi connectivity index (χ0v) is 12.3. The molecule has 0 atom stereocenters. The van der Waals surface area contributed by atoms with Crippen LogP contribution in [0.1, 0.15) is 12.8 Å². The highest BCUT2D eigenvalue weighted by atomic mass is 35.5. The van der Waals surface area contributed by atoms with E-state index in [-0.39, 0.29) is 23.2 Å². The predicted molar refractivity (Wildman–Crippen MR) is 75.3 cm³/mol. The smallest absolute Gasteiger partial charge is 0.301 e.